The number of fused-ring (bicyclic) bond motifs is 1. The summed E-state index contributed by atoms with van der Waals surface area (Å²) >= 11 is 1.30. The minimum atomic E-state index is -3.56. The van der Waals surface area contributed by atoms with E-state index < -0.39 is 15.3 Å². The fourth-order valence-electron chi connectivity index (χ4n) is 3.60. The van der Waals surface area contributed by atoms with Crippen LogP contribution in [0.3, 0.4) is 0 Å². The van der Waals surface area contributed by atoms with Gasteiger partial charge in [-0.2, -0.15) is 4.31 Å². The van der Waals surface area contributed by atoms with E-state index in [1.54, 1.807) is 32.2 Å². The lowest BCUT2D eigenvalue weighted by Crippen LogP contribution is -2.35. The van der Waals surface area contributed by atoms with E-state index in [2.05, 4.69) is 15.3 Å². The lowest BCUT2D eigenvalue weighted by molar-refractivity contribution is -0.115. The third kappa shape index (κ3) is 4.92. The smallest absolute Gasteiger partial charge is 0.243 e. The van der Waals surface area contributed by atoms with Crippen LogP contribution in [0.1, 0.15) is 26.2 Å². The Labute approximate surface area is 191 Å². The number of sulfonamides is 1. The van der Waals surface area contributed by atoms with Gasteiger partial charge in [-0.05, 0) is 50.1 Å². The van der Waals surface area contributed by atoms with E-state index in [0.29, 0.717) is 23.9 Å². The molecule has 3 aromatic rings. The van der Waals surface area contributed by atoms with Gasteiger partial charge in [-0.15, -0.1) is 0 Å². The number of nitrogens with zero attached hydrogens (tertiary/aromatic N) is 2. The maximum absolute atomic E-state index is 12.9. The van der Waals surface area contributed by atoms with Crippen LogP contribution in [0.2, 0.25) is 0 Å². The summed E-state index contributed by atoms with van der Waals surface area (Å²) in [6, 6.07) is 12.0. The third-order valence-corrected chi connectivity index (χ3v) is 8.26. The number of piperidine rings is 1. The number of rotatable bonds is 7. The Hall–Kier alpha value is -2.56. The second kappa shape index (κ2) is 9.51. The number of aromatic nitrogens is 2. The summed E-state index contributed by atoms with van der Waals surface area (Å²) < 4.78 is 32.6. The number of benzene rings is 2. The lowest BCUT2D eigenvalue weighted by atomic mass is 10.2. The zero-order valence-corrected chi connectivity index (χ0v) is 19.6. The zero-order valence-electron chi connectivity index (χ0n) is 18.0. The number of aromatic amines is 1. The van der Waals surface area contributed by atoms with Gasteiger partial charge in [0.05, 0.1) is 28.3 Å². The molecule has 1 aromatic heterocycles. The number of H-pyrrole nitrogens is 1. The molecule has 1 saturated heterocycles. The van der Waals surface area contributed by atoms with Gasteiger partial charge in [0.2, 0.25) is 15.9 Å². The van der Waals surface area contributed by atoms with E-state index in [1.165, 1.54) is 22.1 Å². The van der Waals surface area contributed by atoms with Gasteiger partial charge in [0, 0.05) is 24.8 Å². The first kappa shape index (κ1) is 22.6. The number of imidazole rings is 1. The standard InChI is InChI=1S/C22H26N4O4S2/c1-15(31-22-24-19-10-9-17(30-2)14-20(19)25-22)21(27)23-16-7-6-8-18(13-16)32(28,29)26-11-4-3-5-12-26/h6-10,13-15H,3-5,11-12H2,1-2H3,(H,23,27)(H,24,25)/t15-/m1/s1. The summed E-state index contributed by atoms with van der Waals surface area (Å²) in [4.78, 5) is 20.6. The molecule has 0 spiro atoms. The third-order valence-electron chi connectivity index (χ3n) is 5.38. The van der Waals surface area contributed by atoms with E-state index in [0.717, 1.165) is 36.0 Å². The van der Waals surface area contributed by atoms with Gasteiger partial charge >= 0.3 is 0 Å². The molecule has 0 bridgehead atoms. The summed E-state index contributed by atoms with van der Waals surface area (Å²) in [6.45, 7) is 2.86. The summed E-state index contributed by atoms with van der Waals surface area (Å²) in [5.41, 5.74) is 2.07. The molecule has 8 nitrogen and oxygen atoms in total. The average Bonchev–Trinajstić information content (AvgIpc) is 3.21. The molecule has 1 aliphatic heterocycles. The van der Waals surface area contributed by atoms with E-state index in [4.69, 9.17) is 4.74 Å². The predicted octanol–water partition coefficient (Wildman–Crippen LogP) is 3.87. The Balaban J connectivity index is 1.44. The maximum Gasteiger partial charge on any atom is 0.243 e. The highest BCUT2D eigenvalue weighted by Gasteiger charge is 2.26. The molecule has 0 saturated carbocycles. The number of carbonyl (C=O) groups excluding carboxylic acids is 1. The molecule has 0 unspecified atom stereocenters. The Morgan fingerprint density at radius 3 is 2.72 bits per heavy atom. The van der Waals surface area contributed by atoms with E-state index in [9.17, 15) is 13.2 Å². The van der Waals surface area contributed by atoms with Crippen LogP contribution >= 0.6 is 11.8 Å². The van der Waals surface area contributed by atoms with Crippen molar-refractivity contribution < 1.29 is 17.9 Å². The normalized spacial score (nSPS) is 16.1. The fourth-order valence-corrected chi connectivity index (χ4v) is 5.99. The first-order chi connectivity index (χ1) is 15.4. The van der Waals surface area contributed by atoms with Crippen molar-refractivity contribution in [3.05, 3.63) is 42.5 Å². The van der Waals surface area contributed by atoms with Crippen molar-refractivity contribution in [2.45, 2.75) is 41.5 Å². The van der Waals surface area contributed by atoms with Crippen LogP contribution in [0.5, 0.6) is 5.75 Å². The van der Waals surface area contributed by atoms with Gasteiger partial charge in [0.25, 0.3) is 0 Å². The summed E-state index contributed by atoms with van der Waals surface area (Å²) in [7, 11) is -1.95. The first-order valence-corrected chi connectivity index (χ1v) is 12.8. The molecule has 2 aromatic carbocycles. The SMILES string of the molecule is COc1ccc2nc(S[C@H](C)C(=O)Nc3cccc(S(=O)(=O)N4CCCCC4)c3)[nH]c2c1. The highest BCUT2D eigenvalue weighted by Crippen LogP contribution is 2.27. The largest absolute Gasteiger partial charge is 0.497 e. The molecule has 4 rings (SSSR count). The Morgan fingerprint density at radius 2 is 1.97 bits per heavy atom. The Morgan fingerprint density at radius 1 is 1.19 bits per heavy atom. The fraction of sp³-hybridized carbons (Fsp3) is 0.364. The van der Waals surface area contributed by atoms with Crippen molar-refractivity contribution in [1.29, 1.82) is 0 Å². The Kier molecular flexibility index (Phi) is 6.73. The monoisotopic (exact) mass is 474 g/mol. The van der Waals surface area contributed by atoms with E-state index in [1.807, 2.05) is 18.2 Å². The average molecular weight is 475 g/mol. The second-order valence-corrected chi connectivity index (χ2v) is 10.9. The van der Waals surface area contributed by atoms with Crippen molar-refractivity contribution in [2.75, 3.05) is 25.5 Å². The number of amides is 1. The first-order valence-electron chi connectivity index (χ1n) is 10.5. The van der Waals surface area contributed by atoms with Crippen molar-refractivity contribution in [3.63, 3.8) is 0 Å². The number of anilines is 1. The van der Waals surface area contributed by atoms with Crippen LogP contribution < -0.4 is 10.1 Å². The second-order valence-electron chi connectivity index (χ2n) is 7.67. The van der Waals surface area contributed by atoms with Crippen LogP contribution in [0.15, 0.2) is 52.5 Å². The van der Waals surface area contributed by atoms with E-state index in [-0.39, 0.29) is 10.8 Å². The molecule has 2 heterocycles. The van der Waals surface area contributed by atoms with Crippen LogP contribution in [0.25, 0.3) is 11.0 Å². The number of ether oxygens (including phenoxy) is 1. The molecule has 32 heavy (non-hydrogen) atoms. The molecule has 0 aliphatic carbocycles. The maximum atomic E-state index is 12.9. The van der Waals surface area contributed by atoms with Crippen molar-refractivity contribution in [2.24, 2.45) is 0 Å². The van der Waals surface area contributed by atoms with Crippen molar-refractivity contribution in [1.82, 2.24) is 14.3 Å². The summed E-state index contributed by atoms with van der Waals surface area (Å²) in [6.07, 6.45) is 2.80. The summed E-state index contributed by atoms with van der Waals surface area (Å²) in [5, 5.41) is 3.00. The van der Waals surface area contributed by atoms with Crippen molar-refractivity contribution in [3.8, 4) is 5.75 Å². The zero-order chi connectivity index (χ0) is 22.7. The highest BCUT2D eigenvalue weighted by molar-refractivity contribution is 8.00. The van der Waals surface area contributed by atoms with Gasteiger partial charge in [-0.25, -0.2) is 13.4 Å². The summed E-state index contributed by atoms with van der Waals surface area (Å²) in [5.74, 6) is 0.489. The molecular formula is C22H26N4O4S2. The quantitative estimate of drug-likeness (QED) is 0.504. The molecule has 170 valence electrons. The topological polar surface area (TPSA) is 104 Å². The number of hydrogen-bond donors (Lipinski definition) is 2. The number of nitrogens with one attached hydrogen (secondary N) is 2. The number of carbonyl (C=O) groups is 1. The molecule has 1 aliphatic rings. The van der Waals surface area contributed by atoms with E-state index >= 15 is 0 Å². The molecule has 10 heteroatoms. The van der Waals surface area contributed by atoms with Crippen molar-refractivity contribution >= 4 is 44.4 Å². The lowest BCUT2D eigenvalue weighted by Gasteiger charge is -2.26. The van der Waals surface area contributed by atoms with Gasteiger partial charge in [-0.3, -0.25) is 4.79 Å². The predicted molar refractivity (Wildman–Crippen MR) is 126 cm³/mol. The van der Waals surface area contributed by atoms with Crippen LogP contribution in [0.4, 0.5) is 5.69 Å². The molecular weight excluding hydrogens is 448 g/mol. The molecule has 1 atom stereocenters. The minimum Gasteiger partial charge on any atom is -0.497 e. The molecule has 1 fully saturated rings. The number of hydrogen-bond acceptors (Lipinski definition) is 6. The van der Waals surface area contributed by atoms with Crippen LogP contribution in [-0.4, -0.2) is 54.0 Å². The van der Waals surface area contributed by atoms with Crippen LogP contribution in [0, 0.1) is 0 Å². The Bertz CT molecular complexity index is 1220. The van der Waals surface area contributed by atoms with Crippen LogP contribution in [-0.2, 0) is 14.8 Å². The minimum absolute atomic E-state index is 0.198. The van der Waals surface area contributed by atoms with Gasteiger partial charge in [0.15, 0.2) is 5.16 Å². The molecule has 1 amide bonds. The van der Waals surface area contributed by atoms with Gasteiger partial charge < -0.3 is 15.0 Å². The number of methoxy groups -OCH3 is 1. The van der Waals surface area contributed by atoms with Gasteiger partial charge in [-0.1, -0.05) is 24.2 Å². The molecule has 0 radical (unpaired) electrons. The molecule has 2 N–H and O–H groups in total. The van der Waals surface area contributed by atoms with Gasteiger partial charge in [0.1, 0.15) is 5.75 Å². The highest BCUT2D eigenvalue weighted by atomic mass is 32.2. The number of thioether (sulfide) groups is 1.